The van der Waals surface area contributed by atoms with Crippen molar-refractivity contribution in [2.75, 3.05) is 7.05 Å². The van der Waals surface area contributed by atoms with E-state index in [1.807, 2.05) is 13.1 Å². The molecule has 1 atom stereocenters. The van der Waals surface area contributed by atoms with E-state index in [1.165, 1.54) is 5.56 Å². The molecule has 15 heavy (non-hydrogen) atoms. The standard InChI is InChI=1S/C11H13N3S/c1-12-10(7-9-3-6-15-8-9)11-13-4-2-5-14-11/h2-6,8,10,12H,7H2,1H3. The van der Waals surface area contributed by atoms with Crippen LogP contribution in [0.15, 0.2) is 35.3 Å². The van der Waals surface area contributed by atoms with Gasteiger partial charge in [0.1, 0.15) is 5.82 Å². The second-order valence-electron chi connectivity index (χ2n) is 3.28. The first-order valence-electron chi connectivity index (χ1n) is 4.85. The number of likely N-dealkylation sites (N-methyl/N-ethyl adjacent to an activating group) is 1. The lowest BCUT2D eigenvalue weighted by molar-refractivity contribution is 0.558. The van der Waals surface area contributed by atoms with E-state index >= 15 is 0 Å². The summed E-state index contributed by atoms with van der Waals surface area (Å²) in [4.78, 5) is 8.52. The van der Waals surface area contributed by atoms with Crippen LogP contribution in [0.2, 0.25) is 0 Å². The number of nitrogens with one attached hydrogen (secondary N) is 1. The summed E-state index contributed by atoms with van der Waals surface area (Å²) in [5.74, 6) is 0.853. The minimum atomic E-state index is 0.195. The molecule has 2 aromatic heterocycles. The Morgan fingerprint density at radius 1 is 1.40 bits per heavy atom. The van der Waals surface area contributed by atoms with Crippen LogP contribution in [0, 0.1) is 0 Å². The Hall–Kier alpha value is -1.26. The van der Waals surface area contributed by atoms with Gasteiger partial charge in [0.2, 0.25) is 0 Å². The topological polar surface area (TPSA) is 37.8 Å². The van der Waals surface area contributed by atoms with Gasteiger partial charge in [-0.05, 0) is 41.9 Å². The molecule has 0 aliphatic rings. The van der Waals surface area contributed by atoms with Crippen molar-refractivity contribution in [3.63, 3.8) is 0 Å². The molecule has 0 amide bonds. The maximum absolute atomic E-state index is 4.26. The van der Waals surface area contributed by atoms with Gasteiger partial charge in [-0.2, -0.15) is 11.3 Å². The lowest BCUT2D eigenvalue weighted by atomic mass is 10.1. The monoisotopic (exact) mass is 219 g/mol. The van der Waals surface area contributed by atoms with E-state index in [1.54, 1.807) is 23.7 Å². The van der Waals surface area contributed by atoms with Crippen LogP contribution in [0.1, 0.15) is 17.4 Å². The van der Waals surface area contributed by atoms with Gasteiger partial charge in [0.15, 0.2) is 0 Å². The van der Waals surface area contributed by atoms with E-state index in [2.05, 4.69) is 32.1 Å². The molecule has 0 fully saturated rings. The lowest BCUT2D eigenvalue weighted by Gasteiger charge is -2.13. The zero-order chi connectivity index (χ0) is 10.5. The number of hydrogen-bond acceptors (Lipinski definition) is 4. The van der Waals surface area contributed by atoms with E-state index in [0.29, 0.717) is 0 Å². The molecule has 78 valence electrons. The van der Waals surface area contributed by atoms with E-state index < -0.39 is 0 Å². The molecule has 0 aliphatic heterocycles. The van der Waals surface area contributed by atoms with Gasteiger partial charge < -0.3 is 5.32 Å². The summed E-state index contributed by atoms with van der Waals surface area (Å²) in [5.41, 5.74) is 1.33. The van der Waals surface area contributed by atoms with Crippen LogP contribution < -0.4 is 5.32 Å². The summed E-state index contributed by atoms with van der Waals surface area (Å²) in [5, 5.41) is 7.49. The van der Waals surface area contributed by atoms with Gasteiger partial charge >= 0.3 is 0 Å². The van der Waals surface area contributed by atoms with Crippen molar-refractivity contribution < 1.29 is 0 Å². The summed E-state index contributed by atoms with van der Waals surface area (Å²) >= 11 is 1.72. The van der Waals surface area contributed by atoms with Crippen LogP contribution >= 0.6 is 11.3 Å². The van der Waals surface area contributed by atoms with Crippen LogP contribution in [-0.4, -0.2) is 17.0 Å². The molecule has 0 saturated heterocycles. The highest BCUT2D eigenvalue weighted by atomic mass is 32.1. The lowest BCUT2D eigenvalue weighted by Crippen LogP contribution is -2.20. The molecular weight excluding hydrogens is 206 g/mol. The van der Waals surface area contributed by atoms with Crippen molar-refractivity contribution >= 4 is 11.3 Å². The van der Waals surface area contributed by atoms with Gasteiger partial charge in [-0.3, -0.25) is 0 Å². The molecule has 0 bridgehead atoms. The van der Waals surface area contributed by atoms with Crippen molar-refractivity contribution in [3.05, 3.63) is 46.7 Å². The van der Waals surface area contributed by atoms with E-state index in [4.69, 9.17) is 0 Å². The molecule has 2 aromatic rings. The van der Waals surface area contributed by atoms with Gasteiger partial charge in [0, 0.05) is 12.4 Å². The van der Waals surface area contributed by atoms with Crippen molar-refractivity contribution in [1.29, 1.82) is 0 Å². The molecule has 0 aromatic carbocycles. The van der Waals surface area contributed by atoms with Crippen molar-refractivity contribution in [2.24, 2.45) is 0 Å². The van der Waals surface area contributed by atoms with Crippen molar-refractivity contribution in [1.82, 2.24) is 15.3 Å². The first kappa shape index (κ1) is 10.3. The SMILES string of the molecule is CNC(Cc1ccsc1)c1ncccn1. The van der Waals surface area contributed by atoms with Gasteiger partial charge in [-0.15, -0.1) is 0 Å². The Morgan fingerprint density at radius 3 is 2.80 bits per heavy atom. The molecule has 3 nitrogen and oxygen atoms in total. The number of nitrogens with zero attached hydrogens (tertiary/aromatic N) is 2. The molecule has 0 aliphatic carbocycles. The number of aromatic nitrogens is 2. The molecular formula is C11H13N3S. The smallest absolute Gasteiger partial charge is 0.145 e. The minimum absolute atomic E-state index is 0.195. The van der Waals surface area contributed by atoms with Crippen LogP contribution in [0.25, 0.3) is 0 Å². The molecule has 2 heterocycles. The maximum atomic E-state index is 4.26. The summed E-state index contributed by atoms with van der Waals surface area (Å²) < 4.78 is 0. The second kappa shape index (κ2) is 5.00. The van der Waals surface area contributed by atoms with Crippen LogP contribution in [0.4, 0.5) is 0 Å². The largest absolute Gasteiger partial charge is 0.310 e. The average Bonchev–Trinajstić information content (AvgIpc) is 2.80. The first-order chi connectivity index (χ1) is 7.40. The predicted octanol–water partition coefficient (Wildman–Crippen LogP) is 2.04. The third-order valence-electron chi connectivity index (χ3n) is 2.27. The molecule has 0 radical (unpaired) electrons. The quantitative estimate of drug-likeness (QED) is 0.855. The fourth-order valence-corrected chi connectivity index (χ4v) is 2.14. The Balaban J connectivity index is 2.12. The van der Waals surface area contributed by atoms with Gasteiger partial charge in [0.05, 0.1) is 6.04 Å². The normalized spacial score (nSPS) is 12.6. The first-order valence-corrected chi connectivity index (χ1v) is 5.79. The zero-order valence-electron chi connectivity index (χ0n) is 8.55. The highest BCUT2D eigenvalue weighted by molar-refractivity contribution is 7.07. The molecule has 2 rings (SSSR count). The second-order valence-corrected chi connectivity index (χ2v) is 4.06. The van der Waals surface area contributed by atoms with Crippen LogP contribution in [0.5, 0.6) is 0 Å². The number of thiophene rings is 1. The molecule has 1 N–H and O–H groups in total. The minimum Gasteiger partial charge on any atom is -0.310 e. The van der Waals surface area contributed by atoms with Gasteiger partial charge in [0.25, 0.3) is 0 Å². The van der Waals surface area contributed by atoms with E-state index in [9.17, 15) is 0 Å². The average molecular weight is 219 g/mol. The van der Waals surface area contributed by atoms with Crippen molar-refractivity contribution in [3.8, 4) is 0 Å². The van der Waals surface area contributed by atoms with Gasteiger partial charge in [-0.1, -0.05) is 0 Å². The van der Waals surface area contributed by atoms with Gasteiger partial charge in [-0.25, -0.2) is 9.97 Å². The maximum Gasteiger partial charge on any atom is 0.145 e. The predicted molar refractivity (Wildman–Crippen MR) is 61.9 cm³/mol. The molecule has 1 unspecified atom stereocenters. The number of hydrogen-bond donors (Lipinski definition) is 1. The fourth-order valence-electron chi connectivity index (χ4n) is 1.46. The van der Waals surface area contributed by atoms with E-state index in [-0.39, 0.29) is 6.04 Å². The highest BCUT2D eigenvalue weighted by Gasteiger charge is 2.12. The van der Waals surface area contributed by atoms with Crippen LogP contribution in [-0.2, 0) is 6.42 Å². The zero-order valence-corrected chi connectivity index (χ0v) is 9.37. The Kier molecular flexibility index (Phi) is 3.42. The molecule has 4 heteroatoms. The van der Waals surface area contributed by atoms with Crippen LogP contribution in [0.3, 0.4) is 0 Å². The molecule has 0 spiro atoms. The van der Waals surface area contributed by atoms with E-state index in [0.717, 1.165) is 12.2 Å². The third kappa shape index (κ3) is 2.61. The molecule has 0 saturated carbocycles. The summed E-state index contributed by atoms with van der Waals surface area (Å²) in [7, 11) is 1.94. The Labute approximate surface area is 93.2 Å². The fraction of sp³-hybridized carbons (Fsp3) is 0.273. The highest BCUT2D eigenvalue weighted by Crippen LogP contribution is 2.16. The Bertz CT molecular complexity index is 385. The summed E-state index contributed by atoms with van der Waals surface area (Å²) in [6, 6.07) is 4.17. The van der Waals surface area contributed by atoms with Crippen molar-refractivity contribution in [2.45, 2.75) is 12.5 Å². The summed E-state index contributed by atoms with van der Waals surface area (Å²) in [6.45, 7) is 0. The number of rotatable bonds is 4. The summed E-state index contributed by atoms with van der Waals surface area (Å²) in [6.07, 6.45) is 4.49. The Morgan fingerprint density at radius 2 is 2.20 bits per heavy atom. The third-order valence-corrected chi connectivity index (χ3v) is 3.00.